The molecule has 4 heterocycles. The zero-order valence-corrected chi connectivity index (χ0v) is 34.4. The fourth-order valence-electron chi connectivity index (χ4n) is 6.68. The molecule has 0 bridgehead atoms. The van der Waals surface area contributed by atoms with E-state index in [9.17, 15) is 16.8 Å². The molecule has 47 heavy (non-hydrogen) atoms. The van der Waals surface area contributed by atoms with Crippen LogP contribution in [0.25, 0.3) is 0 Å². The molecule has 5 rings (SSSR count). The fraction of sp³-hybridized carbons (Fsp3) is 0.949. The third kappa shape index (κ3) is 19.8. The highest BCUT2D eigenvalue weighted by Crippen LogP contribution is 2.32. The minimum absolute atomic E-state index is 0. The smallest absolute Gasteiger partial charge is 0.150 e. The van der Waals surface area contributed by atoms with Gasteiger partial charge in [0.1, 0.15) is 9.84 Å². The van der Waals surface area contributed by atoms with E-state index >= 15 is 0 Å². The summed E-state index contributed by atoms with van der Waals surface area (Å²) in [5, 5.41) is 0. The van der Waals surface area contributed by atoms with Crippen LogP contribution in [-0.4, -0.2) is 87.1 Å². The quantitative estimate of drug-likeness (QED) is 0.265. The Labute approximate surface area is 296 Å². The second kappa shape index (κ2) is 22.0. The lowest BCUT2D eigenvalue weighted by Gasteiger charge is -2.32. The molecule has 5 aliphatic rings. The Bertz CT molecular complexity index is 1120. The molecular weight excluding hydrogens is 643 g/mol. The zero-order valence-electron chi connectivity index (χ0n) is 31.9. The molecule has 0 aromatic carbocycles. The maximum absolute atomic E-state index is 11.4. The van der Waals surface area contributed by atoms with Gasteiger partial charge < -0.3 is 4.90 Å². The molecule has 8 heteroatoms. The summed E-state index contributed by atoms with van der Waals surface area (Å²) in [6.45, 7) is 25.0. The first-order chi connectivity index (χ1) is 21.1. The first-order valence-corrected chi connectivity index (χ1v) is 24.7. The van der Waals surface area contributed by atoms with E-state index in [1.54, 1.807) is 0 Å². The standard InChI is InChI=1S/C8H17N.C8H16O2S.C8H16OS.C7H14OS.C7H14.CH4/c1-8(2)9-6-4-3-5-7-9;1-7(2)8-3-5-11(9,10)6-4-8;1-7(2)8-4-5-10(3,9)6-8;1-6(2)7-4-9(3,8)5-7;1-6(2)7-4-3-5-7;/h8H,3-7H2,1-2H3;7-8H,3-6H2,1-2H3;7-8H,3-6H2,1-2H3;6-7H,3-5H2,1-2H3;6-7H,3-5H2,1-2H3;1H4. The van der Waals surface area contributed by atoms with Crippen molar-refractivity contribution in [3.8, 4) is 0 Å². The molecule has 0 spiro atoms. The Balaban J connectivity index is 0.000000563. The van der Waals surface area contributed by atoms with E-state index in [0.29, 0.717) is 47.0 Å². The Hall–Kier alpha value is -0.0500. The van der Waals surface area contributed by atoms with E-state index in [1.165, 1.54) is 51.6 Å². The number of sulfone groups is 1. The van der Waals surface area contributed by atoms with Crippen molar-refractivity contribution < 1.29 is 16.8 Å². The molecular formula is C39H81NO4S3. The molecule has 0 aromatic heterocycles. The van der Waals surface area contributed by atoms with Gasteiger partial charge in [0.05, 0.1) is 11.5 Å². The molecule has 4 saturated heterocycles. The van der Waals surface area contributed by atoms with Crippen LogP contribution in [0.2, 0.25) is 0 Å². The molecule has 0 amide bonds. The molecule has 2 atom stereocenters. The van der Waals surface area contributed by atoms with Crippen molar-refractivity contribution in [3.05, 3.63) is 0 Å². The molecule has 284 valence electrons. The van der Waals surface area contributed by atoms with Crippen LogP contribution in [0.1, 0.15) is 134 Å². The Morgan fingerprint density at radius 3 is 1.09 bits per heavy atom. The van der Waals surface area contributed by atoms with E-state index in [0.717, 1.165) is 60.2 Å². The van der Waals surface area contributed by atoms with Crippen molar-refractivity contribution in [2.75, 3.05) is 47.6 Å². The maximum Gasteiger partial charge on any atom is 0.150 e. The topological polar surface area (TPSA) is 71.5 Å². The van der Waals surface area contributed by atoms with Crippen molar-refractivity contribution in [2.45, 2.75) is 140 Å². The average molecular weight is 724 g/mol. The lowest BCUT2D eigenvalue weighted by atomic mass is 9.78. The zero-order chi connectivity index (χ0) is 35.3. The highest BCUT2D eigenvalue weighted by Gasteiger charge is 2.30. The van der Waals surface area contributed by atoms with Crippen LogP contribution in [0, 0.1) is 47.3 Å². The summed E-state index contributed by atoms with van der Waals surface area (Å²) in [5.74, 6) is 17.7. The van der Waals surface area contributed by atoms with Gasteiger partial charge in [0.25, 0.3) is 0 Å². The highest BCUT2D eigenvalue weighted by atomic mass is 32.2. The molecule has 5 fully saturated rings. The van der Waals surface area contributed by atoms with Crippen LogP contribution in [0.15, 0.2) is 0 Å². The van der Waals surface area contributed by atoms with Crippen LogP contribution >= 0.6 is 0 Å². The first-order valence-electron chi connectivity index (χ1n) is 18.7. The van der Waals surface area contributed by atoms with E-state index in [-0.39, 0.29) is 7.43 Å². The third-order valence-corrected chi connectivity index (χ3v) is 16.9. The van der Waals surface area contributed by atoms with Gasteiger partial charge >= 0.3 is 0 Å². The van der Waals surface area contributed by atoms with Crippen molar-refractivity contribution in [2.24, 2.45) is 47.3 Å². The van der Waals surface area contributed by atoms with Crippen LogP contribution in [-0.2, 0) is 28.9 Å². The number of rotatable bonds is 5. The van der Waals surface area contributed by atoms with Gasteiger partial charge in [0.2, 0.25) is 0 Å². The summed E-state index contributed by atoms with van der Waals surface area (Å²) in [7, 11) is -5.87. The average Bonchev–Trinajstić information content (AvgIpc) is 3.27. The summed E-state index contributed by atoms with van der Waals surface area (Å²) in [5.41, 5.74) is 0. The third-order valence-electron chi connectivity index (χ3n) is 11.1. The van der Waals surface area contributed by atoms with Crippen molar-refractivity contribution in [3.63, 3.8) is 0 Å². The molecule has 5 nitrogen and oxygen atoms in total. The Morgan fingerprint density at radius 1 is 0.489 bits per heavy atom. The molecule has 0 N–H and O–H groups in total. The molecule has 4 aliphatic heterocycles. The second-order valence-corrected chi connectivity index (χ2v) is 24.4. The monoisotopic (exact) mass is 724 g/mol. The predicted molar refractivity (Wildman–Crippen MR) is 217 cm³/mol. The number of hydrogen-bond acceptors (Lipinski definition) is 5. The van der Waals surface area contributed by atoms with Gasteiger partial charge in [-0.05, 0) is 137 Å². The van der Waals surface area contributed by atoms with Gasteiger partial charge in [0.15, 0.2) is 0 Å². The highest BCUT2D eigenvalue weighted by molar-refractivity contribution is 8.01. The number of nitrogens with zero attached hydrogens (tertiary/aromatic N) is 1. The van der Waals surface area contributed by atoms with Crippen molar-refractivity contribution in [1.82, 2.24) is 4.90 Å². The minimum atomic E-state index is -2.65. The van der Waals surface area contributed by atoms with E-state index in [1.807, 2.05) is 0 Å². The van der Waals surface area contributed by atoms with Gasteiger partial charge in [-0.2, -0.15) is 0 Å². The number of hydrogen-bond donors (Lipinski definition) is 0. The number of piperidine rings is 1. The Morgan fingerprint density at radius 2 is 0.872 bits per heavy atom. The second-order valence-electron chi connectivity index (χ2n) is 16.8. The van der Waals surface area contributed by atoms with Crippen LogP contribution in [0.3, 0.4) is 0 Å². The van der Waals surface area contributed by atoms with Crippen molar-refractivity contribution in [1.29, 1.82) is 0 Å². The fourth-order valence-corrected chi connectivity index (χ4v) is 12.7. The van der Waals surface area contributed by atoms with Crippen LogP contribution < -0.4 is 0 Å². The summed E-state index contributed by atoms with van der Waals surface area (Å²) < 4.78 is 44.5. The lowest BCUT2D eigenvalue weighted by molar-refractivity contribution is 0.185. The summed E-state index contributed by atoms with van der Waals surface area (Å²) in [6, 6.07) is 0.769. The van der Waals surface area contributed by atoms with Gasteiger partial charge in [0, 0.05) is 29.1 Å². The van der Waals surface area contributed by atoms with E-state index < -0.39 is 28.9 Å². The van der Waals surface area contributed by atoms with E-state index in [4.69, 9.17) is 0 Å². The minimum Gasteiger partial charge on any atom is -0.301 e. The SMILES string of the molecule is C.C=S1(=O)CC(C(C)C)C1.C=S1(=O)CCC(C(C)C)C1.CC(C)C1CCC1.CC(C)C1CCS(=O)(=O)CC1.CC(C)N1CCCCC1. The normalized spacial score (nSPS) is 30.7. The van der Waals surface area contributed by atoms with Gasteiger partial charge in [-0.1, -0.05) is 88.5 Å². The van der Waals surface area contributed by atoms with E-state index in [2.05, 4.69) is 85.9 Å². The van der Waals surface area contributed by atoms with Crippen LogP contribution in [0.4, 0.5) is 0 Å². The van der Waals surface area contributed by atoms with Gasteiger partial charge in [-0.25, -0.2) is 8.42 Å². The Kier molecular flexibility index (Phi) is 22.0. The molecule has 1 saturated carbocycles. The predicted octanol–water partition coefficient (Wildman–Crippen LogP) is 8.79. The summed E-state index contributed by atoms with van der Waals surface area (Å²) in [6.07, 6.45) is 11.6. The van der Waals surface area contributed by atoms with Gasteiger partial charge in [-0.3, -0.25) is 8.42 Å². The lowest BCUT2D eigenvalue weighted by Crippen LogP contribution is -2.39. The molecule has 2 unspecified atom stereocenters. The van der Waals surface area contributed by atoms with Gasteiger partial charge in [-0.15, -0.1) is 0 Å². The van der Waals surface area contributed by atoms with Crippen molar-refractivity contribution >= 4 is 40.6 Å². The summed E-state index contributed by atoms with van der Waals surface area (Å²) >= 11 is 0. The molecule has 0 radical (unpaired) electrons. The number of likely N-dealkylation sites (tertiary alicyclic amines) is 1. The molecule has 1 aliphatic carbocycles. The molecule has 0 aromatic rings. The largest absolute Gasteiger partial charge is 0.301 e. The first kappa shape index (κ1) is 47.0. The van der Waals surface area contributed by atoms with Crippen LogP contribution in [0.5, 0.6) is 0 Å². The summed E-state index contributed by atoms with van der Waals surface area (Å²) in [4.78, 5) is 2.56. The maximum atomic E-state index is 11.4.